The Morgan fingerprint density at radius 1 is 0.854 bits per heavy atom. The Balaban J connectivity index is 1.48. The van der Waals surface area contributed by atoms with Gasteiger partial charge in [-0.15, -0.1) is 0 Å². The number of sulfone groups is 1. The zero-order valence-corrected chi connectivity index (χ0v) is 24.4. The van der Waals surface area contributed by atoms with Gasteiger partial charge in [-0.3, -0.25) is 0 Å². The normalized spacial score (nSPS) is 14.4. The molecule has 0 bridgehead atoms. The van der Waals surface area contributed by atoms with Crippen LogP contribution in [-0.2, 0) is 16.3 Å². The maximum atomic E-state index is 14.1. The molecular formula is C31H40F5NO3S. The molecule has 2 aromatic rings. The highest BCUT2D eigenvalue weighted by Gasteiger charge is 2.27. The van der Waals surface area contributed by atoms with E-state index in [0.29, 0.717) is 18.5 Å². The number of phenols is 1. The summed E-state index contributed by atoms with van der Waals surface area (Å²) >= 11 is 0. The van der Waals surface area contributed by atoms with Gasteiger partial charge in [-0.2, -0.15) is 13.2 Å². The van der Waals surface area contributed by atoms with Gasteiger partial charge in [0.05, 0.1) is 11.5 Å². The molecule has 0 unspecified atom stereocenters. The number of aryl methyl sites for hydroxylation is 1. The van der Waals surface area contributed by atoms with E-state index in [9.17, 15) is 35.5 Å². The van der Waals surface area contributed by atoms with Gasteiger partial charge in [-0.05, 0) is 124 Å². The Hall–Kier alpha value is -2.46. The molecule has 41 heavy (non-hydrogen) atoms. The summed E-state index contributed by atoms with van der Waals surface area (Å²) in [6.45, 7) is 1.35. The van der Waals surface area contributed by atoms with E-state index in [2.05, 4.69) is 0 Å². The number of hydrogen-bond acceptors (Lipinski definition) is 4. The van der Waals surface area contributed by atoms with Gasteiger partial charge in [0, 0.05) is 6.42 Å². The lowest BCUT2D eigenvalue weighted by molar-refractivity contribution is -0.134. The molecule has 1 aliphatic carbocycles. The molecule has 1 aliphatic rings. The first kappa shape index (κ1) is 33.0. The molecular weight excluding hydrogens is 561 g/mol. The van der Waals surface area contributed by atoms with Gasteiger partial charge in [0.15, 0.2) is 11.6 Å². The fourth-order valence-electron chi connectivity index (χ4n) is 5.44. The van der Waals surface area contributed by atoms with Crippen LogP contribution >= 0.6 is 0 Å². The molecule has 3 rings (SSSR count). The molecule has 0 atom stereocenters. The van der Waals surface area contributed by atoms with Crippen molar-refractivity contribution in [2.45, 2.75) is 76.8 Å². The van der Waals surface area contributed by atoms with Crippen LogP contribution in [0.25, 0.3) is 11.1 Å². The van der Waals surface area contributed by atoms with E-state index in [0.717, 1.165) is 86.3 Å². The first-order chi connectivity index (χ1) is 19.3. The fraction of sp³-hybridized carbons (Fsp3) is 0.548. The Labute approximate surface area is 240 Å². The van der Waals surface area contributed by atoms with Gasteiger partial charge >= 0.3 is 6.18 Å². The summed E-state index contributed by atoms with van der Waals surface area (Å²) in [5.74, 6) is -2.07. The largest absolute Gasteiger partial charge is 0.508 e. The highest BCUT2D eigenvalue weighted by Crippen LogP contribution is 2.40. The van der Waals surface area contributed by atoms with Crippen LogP contribution in [0.3, 0.4) is 0 Å². The topological polar surface area (TPSA) is 57.6 Å². The maximum absolute atomic E-state index is 14.1. The molecule has 0 saturated heterocycles. The molecule has 0 aromatic heterocycles. The third-order valence-electron chi connectivity index (χ3n) is 7.55. The number of hydrogen-bond donors (Lipinski definition) is 1. The van der Waals surface area contributed by atoms with E-state index in [1.165, 1.54) is 6.07 Å². The lowest BCUT2D eigenvalue weighted by atomic mass is 9.89. The molecule has 0 aliphatic heterocycles. The third kappa shape index (κ3) is 11.0. The van der Waals surface area contributed by atoms with Crippen molar-refractivity contribution in [3.63, 3.8) is 0 Å². The Morgan fingerprint density at radius 2 is 1.56 bits per heavy atom. The quantitative estimate of drug-likeness (QED) is 0.166. The lowest BCUT2D eigenvalue weighted by Gasteiger charge is -2.18. The first-order valence-electron chi connectivity index (χ1n) is 14.3. The number of aromatic hydroxyl groups is 1. The molecule has 0 radical (unpaired) electrons. The van der Waals surface area contributed by atoms with Crippen molar-refractivity contribution in [2.75, 3.05) is 31.6 Å². The average Bonchev–Trinajstić information content (AvgIpc) is 3.05. The number of benzene rings is 2. The van der Waals surface area contributed by atoms with Gasteiger partial charge in [0.2, 0.25) is 0 Å². The van der Waals surface area contributed by atoms with Crippen LogP contribution in [0.15, 0.2) is 36.4 Å². The van der Waals surface area contributed by atoms with E-state index in [1.807, 2.05) is 18.0 Å². The van der Waals surface area contributed by atoms with E-state index in [1.54, 1.807) is 18.2 Å². The maximum Gasteiger partial charge on any atom is 0.389 e. The zero-order chi connectivity index (χ0) is 30.0. The minimum Gasteiger partial charge on any atom is -0.508 e. The smallest absolute Gasteiger partial charge is 0.389 e. The van der Waals surface area contributed by atoms with Crippen LogP contribution in [0.4, 0.5) is 22.0 Å². The number of phenolic OH excluding ortho intramolecular Hbond substituents is 1. The van der Waals surface area contributed by atoms with Crippen molar-refractivity contribution in [2.24, 2.45) is 0 Å². The third-order valence-corrected chi connectivity index (χ3v) is 9.37. The summed E-state index contributed by atoms with van der Waals surface area (Å²) in [6.07, 6.45) is 1.49. The predicted molar refractivity (Wildman–Crippen MR) is 153 cm³/mol. The van der Waals surface area contributed by atoms with Crippen LogP contribution in [0.1, 0.15) is 80.9 Å². The highest BCUT2D eigenvalue weighted by atomic mass is 32.2. The minimum absolute atomic E-state index is 0.107. The summed E-state index contributed by atoms with van der Waals surface area (Å²) in [4.78, 5) is 2.04. The van der Waals surface area contributed by atoms with E-state index in [-0.39, 0.29) is 11.5 Å². The molecule has 4 nitrogen and oxygen atoms in total. The molecule has 0 spiro atoms. The van der Waals surface area contributed by atoms with Gasteiger partial charge < -0.3 is 10.0 Å². The molecule has 0 amide bonds. The number of fused-ring (bicyclic) bond motifs is 1. The van der Waals surface area contributed by atoms with Crippen LogP contribution < -0.4 is 0 Å². The minimum atomic E-state index is -4.33. The molecule has 1 N–H and O–H groups in total. The number of halogens is 5. The molecule has 0 heterocycles. The molecule has 2 aromatic carbocycles. The molecule has 10 heteroatoms. The molecule has 0 fully saturated rings. The van der Waals surface area contributed by atoms with Crippen LogP contribution in [0, 0.1) is 11.6 Å². The van der Waals surface area contributed by atoms with Gasteiger partial charge in [0.25, 0.3) is 0 Å². The van der Waals surface area contributed by atoms with Crippen molar-refractivity contribution in [3.05, 3.63) is 64.7 Å². The van der Waals surface area contributed by atoms with Crippen molar-refractivity contribution in [1.29, 1.82) is 0 Å². The first-order valence-corrected chi connectivity index (χ1v) is 16.1. The monoisotopic (exact) mass is 601 g/mol. The van der Waals surface area contributed by atoms with Crippen LogP contribution in [0.2, 0.25) is 0 Å². The Bertz CT molecular complexity index is 1290. The second-order valence-corrected chi connectivity index (χ2v) is 13.3. The number of unbranched alkanes of at least 4 members (excludes halogenated alkanes) is 3. The zero-order valence-electron chi connectivity index (χ0n) is 23.6. The fourth-order valence-corrected chi connectivity index (χ4v) is 6.79. The number of allylic oxidation sites excluding steroid dienone is 2. The van der Waals surface area contributed by atoms with E-state index < -0.39 is 46.2 Å². The number of rotatable bonds is 15. The van der Waals surface area contributed by atoms with Gasteiger partial charge in [0.1, 0.15) is 15.6 Å². The average molecular weight is 602 g/mol. The van der Waals surface area contributed by atoms with Crippen molar-refractivity contribution < 1.29 is 35.5 Å². The summed E-state index contributed by atoms with van der Waals surface area (Å²) < 4.78 is 88.4. The SMILES string of the molecule is CN(CCCCCCC1=C(c2ccc(F)c(F)c2)CCCc2cc(O)ccc21)CCCS(=O)(=O)CCCC(F)(F)F. The number of alkyl halides is 3. The van der Waals surface area contributed by atoms with Crippen molar-refractivity contribution in [3.8, 4) is 5.75 Å². The summed E-state index contributed by atoms with van der Waals surface area (Å²) in [5, 5.41) is 10.0. The van der Waals surface area contributed by atoms with E-state index >= 15 is 0 Å². The van der Waals surface area contributed by atoms with Crippen molar-refractivity contribution >= 4 is 21.0 Å². The summed E-state index contributed by atoms with van der Waals surface area (Å²) in [5.41, 5.74) is 4.91. The van der Waals surface area contributed by atoms with Gasteiger partial charge in [-0.1, -0.05) is 25.0 Å². The Kier molecular flexibility index (Phi) is 12.2. The molecule has 0 saturated carbocycles. The highest BCUT2D eigenvalue weighted by molar-refractivity contribution is 7.91. The molecule has 228 valence electrons. The Morgan fingerprint density at radius 3 is 2.29 bits per heavy atom. The number of nitrogens with zero attached hydrogens (tertiary/aromatic N) is 1. The van der Waals surface area contributed by atoms with Crippen molar-refractivity contribution in [1.82, 2.24) is 4.90 Å². The van der Waals surface area contributed by atoms with E-state index in [4.69, 9.17) is 0 Å². The predicted octanol–water partition coefficient (Wildman–Crippen LogP) is 7.95. The van der Waals surface area contributed by atoms with Crippen LogP contribution in [-0.4, -0.2) is 56.2 Å². The second kappa shape index (κ2) is 15.1. The summed E-state index contributed by atoms with van der Waals surface area (Å²) in [7, 11) is -1.57. The van der Waals surface area contributed by atoms with Crippen LogP contribution in [0.5, 0.6) is 5.75 Å². The lowest BCUT2D eigenvalue weighted by Crippen LogP contribution is -2.24. The van der Waals surface area contributed by atoms with Gasteiger partial charge in [-0.25, -0.2) is 17.2 Å². The summed E-state index contributed by atoms with van der Waals surface area (Å²) in [6, 6.07) is 9.42. The standard InChI is InChI=1S/C31H40F5NO3S/c1-37(18-8-20-41(39,40)19-7-16-31(34,35)36)17-5-3-2-4-10-28-26(24-12-15-29(32)30(33)22-24)11-6-9-23-21-25(38)13-14-27(23)28/h12-15,21-22,38H,2-11,16-20H2,1H3. The second-order valence-electron chi connectivity index (χ2n) is 11.0.